The second-order valence-corrected chi connectivity index (χ2v) is 6.15. The fourth-order valence-corrected chi connectivity index (χ4v) is 3.15. The number of ether oxygens (including phenoxy) is 1. The fourth-order valence-electron chi connectivity index (χ4n) is 2.77. The van der Waals surface area contributed by atoms with Gasteiger partial charge in [-0.3, -0.25) is 0 Å². The molecule has 0 fully saturated rings. The summed E-state index contributed by atoms with van der Waals surface area (Å²) >= 11 is 3.42. The average molecular weight is 332 g/mol. The Morgan fingerprint density at radius 1 is 1.20 bits per heavy atom. The molecule has 2 nitrogen and oxygen atoms in total. The smallest absolute Gasteiger partial charge is 0.0832 e. The molecule has 3 rings (SSSR count). The second-order valence-electron chi connectivity index (χ2n) is 5.23. The van der Waals surface area contributed by atoms with E-state index in [1.807, 2.05) is 18.2 Å². The number of anilines is 1. The summed E-state index contributed by atoms with van der Waals surface area (Å²) < 4.78 is 7.12. The van der Waals surface area contributed by atoms with E-state index in [1.165, 1.54) is 17.5 Å². The van der Waals surface area contributed by atoms with E-state index in [4.69, 9.17) is 10.5 Å². The van der Waals surface area contributed by atoms with Crippen LogP contribution in [0.1, 0.15) is 35.6 Å². The highest BCUT2D eigenvalue weighted by Crippen LogP contribution is 2.33. The van der Waals surface area contributed by atoms with Gasteiger partial charge in [0.15, 0.2) is 0 Å². The molecule has 1 aliphatic rings. The Kier molecular flexibility index (Phi) is 4.08. The van der Waals surface area contributed by atoms with Crippen LogP contribution < -0.4 is 5.73 Å². The van der Waals surface area contributed by atoms with Crippen molar-refractivity contribution < 1.29 is 4.74 Å². The van der Waals surface area contributed by atoms with Gasteiger partial charge in [0, 0.05) is 15.7 Å². The van der Waals surface area contributed by atoms with Gasteiger partial charge in [-0.25, -0.2) is 0 Å². The van der Waals surface area contributed by atoms with Crippen LogP contribution in [-0.4, -0.2) is 0 Å². The first-order valence-electron chi connectivity index (χ1n) is 6.97. The highest BCUT2D eigenvalue weighted by Gasteiger charge is 2.20. The molecule has 2 N–H and O–H groups in total. The van der Waals surface area contributed by atoms with E-state index in [0.717, 1.165) is 28.6 Å². The van der Waals surface area contributed by atoms with Crippen LogP contribution in [0.5, 0.6) is 0 Å². The Balaban J connectivity index is 1.73. The fraction of sp³-hybridized carbons (Fsp3) is 0.294. The van der Waals surface area contributed by atoms with Crippen molar-refractivity contribution in [3.63, 3.8) is 0 Å². The normalized spacial score (nSPS) is 17.8. The van der Waals surface area contributed by atoms with Gasteiger partial charge in [-0.2, -0.15) is 0 Å². The molecule has 0 bridgehead atoms. The molecule has 1 unspecified atom stereocenters. The van der Waals surface area contributed by atoms with Crippen molar-refractivity contribution in [2.24, 2.45) is 0 Å². The van der Waals surface area contributed by atoms with E-state index < -0.39 is 0 Å². The largest absolute Gasteiger partial charge is 0.398 e. The predicted molar refractivity (Wildman–Crippen MR) is 85.5 cm³/mol. The summed E-state index contributed by atoms with van der Waals surface area (Å²) in [5.41, 5.74) is 10.6. The van der Waals surface area contributed by atoms with E-state index in [-0.39, 0.29) is 6.10 Å². The standard InChI is InChI=1S/C17H18BrNO/c18-14-9-8-13(16(19)10-14)11-20-17-7-3-5-12-4-1-2-6-15(12)17/h1-2,4,6,8-10,17H,3,5,7,11,19H2. The lowest BCUT2D eigenvalue weighted by atomic mass is 9.89. The summed E-state index contributed by atoms with van der Waals surface area (Å²) in [6.45, 7) is 0.568. The van der Waals surface area contributed by atoms with Gasteiger partial charge in [0.05, 0.1) is 12.7 Å². The number of rotatable bonds is 3. The molecule has 1 atom stereocenters. The molecule has 0 spiro atoms. The first-order valence-corrected chi connectivity index (χ1v) is 7.76. The number of hydrogen-bond donors (Lipinski definition) is 1. The molecule has 0 saturated heterocycles. The topological polar surface area (TPSA) is 35.2 Å². The molecule has 0 amide bonds. The highest BCUT2D eigenvalue weighted by atomic mass is 79.9. The Hall–Kier alpha value is -1.32. The van der Waals surface area contributed by atoms with E-state index >= 15 is 0 Å². The number of hydrogen-bond acceptors (Lipinski definition) is 2. The lowest BCUT2D eigenvalue weighted by Crippen LogP contribution is -2.13. The molecule has 0 saturated carbocycles. The van der Waals surface area contributed by atoms with Crippen LogP contribution >= 0.6 is 15.9 Å². The summed E-state index contributed by atoms with van der Waals surface area (Å²) in [5, 5.41) is 0. The molecular weight excluding hydrogens is 314 g/mol. The molecular formula is C17H18BrNO. The Morgan fingerprint density at radius 2 is 2.05 bits per heavy atom. The van der Waals surface area contributed by atoms with Gasteiger partial charge in [-0.1, -0.05) is 46.3 Å². The molecule has 2 aromatic rings. The summed E-state index contributed by atoms with van der Waals surface area (Å²) in [6.07, 6.45) is 3.64. The number of fused-ring (bicyclic) bond motifs is 1. The summed E-state index contributed by atoms with van der Waals surface area (Å²) in [7, 11) is 0. The van der Waals surface area contributed by atoms with Crippen LogP contribution in [0.3, 0.4) is 0 Å². The highest BCUT2D eigenvalue weighted by molar-refractivity contribution is 9.10. The Labute approximate surface area is 128 Å². The summed E-state index contributed by atoms with van der Waals surface area (Å²) in [4.78, 5) is 0. The molecule has 0 aromatic heterocycles. The van der Waals surface area contributed by atoms with Crippen LogP contribution in [-0.2, 0) is 17.8 Å². The minimum absolute atomic E-state index is 0.197. The first-order chi connectivity index (χ1) is 9.74. The monoisotopic (exact) mass is 331 g/mol. The number of nitrogen functional groups attached to an aromatic ring is 1. The van der Waals surface area contributed by atoms with Gasteiger partial charge < -0.3 is 10.5 Å². The lowest BCUT2D eigenvalue weighted by molar-refractivity contribution is 0.0286. The van der Waals surface area contributed by atoms with E-state index in [1.54, 1.807) is 0 Å². The summed E-state index contributed by atoms with van der Waals surface area (Å²) in [5.74, 6) is 0. The van der Waals surface area contributed by atoms with Crippen molar-refractivity contribution in [3.8, 4) is 0 Å². The minimum Gasteiger partial charge on any atom is -0.398 e. The van der Waals surface area contributed by atoms with Crippen molar-refractivity contribution in [1.82, 2.24) is 0 Å². The molecule has 104 valence electrons. The number of nitrogens with two attached hydrogens (primary N) is 1. The minimum atomic E-state index is 0.197. The van der Waals surface area contributed by atoms with Crippen LogP contribution in [0.25, 0.3) is 0 Å². The van der Waals surface area contributed by atoms with Crippen molar-refractivity contribution in [2.45, 2.75) is 32.0 Å². The van der Waals surface area contributed by atoms with Crippen molar-refractivity contribution in [3.05, 3.63) is 63.6 Å². The zero-order valence-corrected chi connectivity index (χ0v) is 12.9. The molecule has 3 heteroatoms. The van der Waals surface area contributed by atoms with Gasteiger partial charge >= 0.3 is 0 Å². The van der Waals surface area contributed by atoms with Gasteiger partial charge in [0.25, 0.3) is 0 Å². The third-order valence-corrected chi connectivity index (χ3v) is 4.36. The Morgan fingerprint density at radius 3 is 2.90 bits per heavy atom. The SMILES string of the molecule is Nc1cc(Br)ccc1COC1CCCc2ccccc21. The van der Waals surface area contributed by atoms with Crippen molar-refractivity contribution >= 4 is 21.6 Å². The van der Waals surface area contributed by atoms with Gasteiger partial charge in [-0.15, -0.1) is 0 Å². The quantitative estimate of drug-likeness (QED) is 0.832. The number of halogens is 1. The maximum absolute atomic E-state index is 6.12. The number of aryl methyl sites for hydroxylation is 1. The third kappa shape index (κ3) is 2.89. The van der Waals surface area contributed by atoms with E-state index in [9.17, 15) is 0 Å². The maximum Gasteiger partial charge on any atom is 0.0832 e. The van der Waals surface area contributed by atoms with Crippen molar-refractivity contribution in [2.75, 3.05) is 5.73 Å². The van der Waals surface area contributed by atoms with Crippen LogP contribution in [0.15, 0.2) is 46.9 Å². The van der Waals surface area contributed by atoms with Crippen LogP contribution in [0, 0.1) is 0 Å². The number of benzene rings is 2. The van der Waals surface area contributed by atoms with Crippen LogP contribution in [0.4, 0.5) is 5.69 Å². The lowest BCUT2D eigenvalue weighted by Gasteiger charge is -2.26. The van der Waals surface area contributed by atoms with E-state index in [2.05, 4.69) is 40.2 Å². The zero-order valence-electron chi connectivity index (χ0n) is 11.3. The van der Waals surface area contributed by atoms with Gasteiger partial charge in [-0.05, 0) is 42.5 Å². The van der Waals surface area contributed by atoms with E-state index in [0.29, 0.717) is 6.61 Å². The van der Waals surface area contributed by atoms with Gasteiger partial charge in [0.1, 0.15) is 0 Å². The molecule has 0 radical (unpaired) electrons. The van der Waals surface area contributed by atoms with Gasteiger partial charge in [0.2, 0.25) is 0 Å². The maximum atomic E-state index is 6.12. The predicted octanol–water partition coefficient (Wildman–Crippen LogP) is 4.63. The molecule has 2 aromatic carbocycles. The average Bonchev–Trinajstić information content (AvgIpc) is 2.46. The second kappa shape index (κ2) is 5.98. The molecule has 0 heterocycles. The first kappa shape index (κ1) is 13.7. The Bertz CT molecular complexity index is 612. The summed E-state index contributed by atoms with van der Waals surface area (Å²) in [6, 6.07) is 14.5. The zero-order chi connectivity index (χ0) is 13.9. The third-order valence-electron chi connectivity index (χ3n) is 3.86. The van der Waals surface area contributed by atoms with Crippen LogP contribution in [0.2, 0.25) is 0 Å². The molecule has 20 heavy (non-hydrogen) atoms. The molecule has 0 aliphatic heterocycles. The van der Waals surface area contributed by atoms with Crippen molar-refractivity contribution in [1.29, 1.82) is 0 Å². The molecule has 1 aliphatic carbocycles.